The summed E-state index contributed by atoms with van der Waals surface area (Å²) in [5.74, 6) is 1.29. The van der Waals surface area contributed by atoms with Gasteiger partial charge >= 0.3 is 0 Å². The van der Waals surface area contributed by atoms with Crippen molar-refractivity contribution in [3.05, 3.63) is 41.6 Å². The van der Waals surface area contributed by atoms with Crippen molar-refractivity contribution in [1.29, 1.82) is 0 Å². The third-order valence-electron chi connectivity index (χ3n) is 3.45. The zero-order valence-corrected chi connectivity index (χ0v) is 13.3. The van der Waals surface area contributed by atoms with Crippen LogP contribution in [0.25, 0.3) is 10.9 Å². The predicted octanol–water partition coefficient (Wildman–Crippen LogP) is 4.17. The number of hydrogen-bond acceptors (Lipinski definition) is 3. The summed E-state index contributed by atoms with van der Waals surface area (Å²) in [7, 11) is 0. The number of fused-ring (bicyclic) bond motifs is 1. The van der Waals surface area contributed by atoms with Crippen LogP contribution in [0.3, 0.4) is 0 Å². The molecule has 0 fully saturated rings. The number of para-hydroxylation sites is 1. The standard InChI is InChI=1S/C17H24N2S/c1-14-12-15(13-18-10-6-3-7-11-20-2)16-8-4-5-9-17(16)19-14/h4-5,8-9,12,18H,3,6-7,10-11,13H2,1-2H3. The molecule has 1 N–H and O–H groups in total. The number of unbranched alkanes of at least 4 members (excludes halogenated alkanes) is 2. The third-order valence-corrected chi connectivity index (χ3v) is 4.14. The lowest BCUT2D eigenvalue weighted by Gasteiger charge is -2.09. The van der Waals surface area contributed by atoms with Gasteiger partial charge in [-0.2, -0.15) is 11.8 Å². The first-order valence-electron chi connectivity index (χ1n) is 7.36. The maximum absolute atomic E-state index is 4.58. The van der Waals surface area contributed by atoms with Gasteiger partial charge in [0.1, 0.15) is 0 Å². The molecule has 0 atom stereocenters. The largest absolute Gasteiger partial charge is 0.313 e. The molecule has 2 aromatic rings. The molecule has 1 aromatic heterocycles. The quantitative estimate of drug-likeness (QED) is 0.738. The summed E-state index contributed by atoms with van der Waals surface area (Å²) in [4.78, 5) is 4.58. The molecule has 108 valence electrons. The number of aryl methyl sites for hydroxylation is 1. The fraction of sp³-hybridized carbons (Fsp3) is 0.471. The van der Waals surface area contributed by atoms with E-state index in [1.165, 1.54) is 36.0 Å². The number of benzene rings is 1. The first-order chi connectivity index (χ1) is 9.81. The van der Waals surface area contributed by atoms with Gasteiger partial charge in [0.05, 0.1) is 5.52 Å². The molecule has 0 aliphatic rings. The summed E-state index contributed by atoms with van der Waals surface area (Å²) in [5, 5.41) is 4.83. The summed E-state index contributed by atoms with van der Waals surface area (Å²) >= 11 is 1.94. The Morgan fingerprint density at radius 3 is 2.85 bits per heavy atom. The average Bonchev–Trinajstić information content (AvgIpc) is 2.46. The number of nitrogens with one attached hydrogen (secondary N) is 1. The van der Waals surface area contributed by atoms with Gasteiger partial charge in [0.15, 0.2) is 0 Å². The van der Waals surface area contributed by atoms with Crippen LogP contribution in [0.5, 0.6) is 0 Å². The lowest BCUT2D eigenvalue weighted by Crippen LogP contribution is -2.15. The molecule has 0 unspecified atom stereocenters. The van der Waals surface area contributed by atoms with E-state index in [1.807, 2.05) is 11.8 Å². The molecule has 0 saturated heterocycles. The maximum Gasteiger partial charge on any atom is 0.0708 e. The highest BCUT2D eigenvalue weighted by Gasteiger charge is 2.02. The van der Waals surface area contributed by atoms with Crippen molar-refractivity contribution in [2.45, 2.75) is 32.7 Å². The van der Waals surface area contributed by atoms with Gasteiger partial charge in [0.2, 0.25) is 0 Å². The molecule has 0 spiro atoms. The number of nitrogens with zero attached hydrogens (tertiary/aromatic N) is 1. The fourth-order valence-corrected chi connectivity index (χ4v) is 2.93. The second kappa shape index (κ2) is 8.28. The monoisotopic (exact) mass is 288 g/mol. The van der Waals surface area contributed by atoms with Crippen molar-refractivity contribution in [3.8, 4) is 0 Å². The zero-order chi connectivity index (χ0) is 14.2. The van der Waals surface area contributed by atoms with E-state index in [9.17, 15) is 0 Å². The minimum Gasteiger partial charge on any atom is -0.313 e. The van der Waals surface area contributed by atoms with Gasteiger partial charge in [-0.25, -0.2) is 0 Å². The molecule has 1 heterocycles. The third kappa shape index (κ3) is 4.50. The Balaban J connectivity index is 1.86. The van der Waals surface area contributed by atoms with Crippen LogP contribution >= 0.6 is 11.8 Å². The smallest absolute Gasteiger partial charge is 0.0708 e. The zero-order valence-electron chi connectivity index (χ0n) is 12.5. The summed E-state index contributed by atoms with van der Waals surface area (Å²) in [6, 6.07) is 10.6. The summed E-state index contributed by atoms with van der Waals surface area (Å²) in [5.41, 5.74) is 3.56. The first kappa shape index (κ1) is 15.3. The van der Waals surface area contributed by atoms with Gasteiger partial charge in [-0.1, -0.05) is 24.6 Å². The molecule has 0 aliphatic heterocycles. The molecular weight excluding hydrogens is 264 g/mol. The highest BCUT2D eigenvalue weighted by molar-refractivity contribution is 7.98. The number of thioether (sulfide) groups is 1. The van der Waals surface area contributed by atoms with Crippen LogP contribution in [0.1, 0.15) is 30.5 Å². The van der Waals surface area contributed by atoms with E-state index in [1.54, 1.807) is 0 Å². The van der Waals surface area contributed by atoms with Crippen molar-refractivity contribution in [2.24, 2.45) is 0 Å². The van der Waals surface area contributed by atoms with Gasteiger partial charge < -0.3 is 5.32 Å². The summed E-state index contributed by atoms with van der Waals surface area (Å²) < 4.78 is 0. The van der Waals surface area contributed by atoms with Crippen molar-refractivity contribution in [3.63, 3.8) is 0 Å². The van der Waals surface area contributed by atoms with Gasteiger partial charge in [-0.05, 0) is 56.0 Å². The Hall–Kier alpha value is -1.06. The number of aromatic nitrogens is 1. The van der Waals surface area contributed by atoms with Crippen molar-refractivity contribution in [1.82, 2.24) is 10.3 Å². The van der Waals surface area contributed by atoms with Crippen LogP contribution in [-0.4, -0.2) is 23.5 Å². The Morgan fingerprint density at radius 2 is 2.00 bits per heavy atom. The van der Waals surface area contributed by atoms with E-state index in [4.69, 9.17) is 0 Å². The molecule has 20 heavy (non-hydrogen) atoms. The van der Waals surface area contributed by atoms with Crippen LogP contribution < -0.4 is 5.32 Å². The molecular formula is C17H24N2S. The number of pyridine rings is 1. The number of rotatable bonds is 8. The van der Waals surface area contributed by atoms with Crippen LogP contribution in [0, 0.1) is 6.92 Å². The van der Waals surface area contributed by atoms with Crippen LogP contribution in [0.15, 0.2) is 30.3 Å². The topological polar surface area (TPSA) is 24.9 Å². The molecule has 1 aromatic carbocycles. The van der Waals surface area contributed by atoms with E-state index in [0.717, 1.165) is 24.3 Å². The number of hydrogen-bond donors (Lipinski definition) is 1. The van der Waals surface area contributed by atoms with E-state index in [-0.39, 0.29) is 0 Å². The first-order valence-corrected chi connectivity index (χ1v) is 8.75. The summed E-state index contributed by atoms with van der Waals surface area (Å²) in [6.07, 6.45) is 6.10. The Labute approximate surface area is 126 Å². The highest BCUT2D eigenvalue weighted by atomic mass is 32.2. The van der Waals surface area contributed by atoms with Gasteiger partial charge in [-0.15, -0.1) is 0 Å². The summed E-state index contributed by atoms with van der Waals surface area (Å²) in [6.45, 7) is 4.11. The SMILES string of the molecule is CSCCCCCNCc1cc(C)nc2ccccc12. The molecule has 0 amide bonds. The minimum atomic E-state index is 0.937. The fourth-order valence-electron chi connectivity index (χ4n) is 2.44. The van der Waals surface area contributed by atoms with Crippen LogP contribution in [0.2, 0.25) is 0 Å². The van der Waals surface area contributed by atoms with E-state index >= 15 is 0 Å². The maximum atomic E-state index is 4.58. The van der Waals surface area contributed by atoms with Crippen molar-refractivity contribution < 1.29 is 0 Å². The van der Waals surface area contributed by atoms with Gasteiger partial charge in [-0.3, -0.25) is 4.98 Å². The normalized spacial score (nSPS) is 11.1. The molecule has 0 saturated carbocycles. The van der Waals surface area contributed by atoms with E-state index in [2.05, 4.69) is 53.8 Å². The Kier molecular flexibility index (Phi) is 6.34. The average molecular weight is 288 g/mol. The molecule has 0 bridgehead atoms. The molecule has 0 radical (unpaired) electrons. The van der Waals surface area contributed by atoms with Crippen molar-refractivity contribution >= 4 is 22.7 Å². The molecule has 2 nitrogen and oxygen atoms in total. The van der Waals surface area contributed by atoms with Gasteiger partial charge in [0.25, 0.3) is 0 Å². The van der Waals surface area contributed by atoms with Crippen LogP contribution in [0.4, 0.5) is 0 Å². The predicted molar refractivity (Wildman–Crippen MR) is 90.4 cm³/mol. The second-order valence-electron chi connectivity index (χ2n) is 5.17. The Morgan fingerprint density at radius 1 is 1.15 bits per heavy atom. The van der Waals surface area contributed by atoms with Crippen LogP contribution in [-0.2, 0) is 6.54 Å². The molecule has 3 heteroatoms. The molecule has 2 rings (SSSR count). The van der Waals surface area contributed by atoms with Gasteiger partial charge in [0, 0.05) is 17.6 Å². The Bertz CT molecular complexity index is 540. The van der Waals surface area contributed by atoms with Crippen molar-refractivity contribution in [2.75, 3.05) is 18.6 Å². The van der Waals surface area contributed by atoms with E-state index < -0.39 is 0 Å². The second-order valence-corrected chi connectivity index (χ2v) is 6.16. The van der Waals surface area contributed by atoms with E-state index in [0.29, 0.717) is 0 Å². The molecule has 0 aliphatic carbocycles. The lowest BCUT2D eigenvalue weighted by molar-refractivity contribution is 0.620. The lowest BCUT2D eigenvalue weighted by atomic mass is 10.1. The highest BCUT2D eigenvalue weighted by Crippen LogP contribution is 2.17. The minimum absolute atomic E-state index is 0.937.